The highest BCUT2D eigenvalue weighted by Crippen LogP contribution is 2.19. The standard InChI is InChI=1S/C12H13ClFN3O/c1-3-10-11(15)12(18)17(16(10)2)7-4-5-8(13)9(14)6-7/h4-6H,3,15H2,1-2H3. The van der Waals surface area contributed by atoms with E-state index in [4.69, 9.17) is 17.3 Å². The lowest BCUT2D eigenvalue weighted by atomic mass is 10.3. The number of rotatable bonds is 2. The van der Waals surface area contributed by atoms with Crippen LogP contribution in [-0.2, 0) is 13.5 Å². The third-order valence-corrected chi connectivity index (χ3v) is 3.21. The summed E-state index contributed by atoms with van der Waals surface area (Å²) in [6, 6.07) is 4.20. The van der Waals surface area contributed by atoms with Crippen molar-refractivity contribution in [2.45, 2.75) is 13.3 Å². The molecule has 0 unspecified atom stereocenters. The molecule has 0 aliphatic heterocycles. The van der Waals surface area contributed by atoms with E-state index in [1.165, 1.54) is 16.8 Å². The number of nitrogens with two attached hydrogens (primary N) is 1. The van der Waals surface area contributed by atoms with Gasteiger partial charge in [-0.05, 0) is 18.6 Å². The molecule has 0 saturated carbocycles. The van der Waals surface area contributed by atoms with Crippen LogP contribution in [-0.4, -0.2) is 9.36 Å². The van der Waals surface area contributed by atoms with E-state index < -0.39 is 5.82 Å². The molecule has 0 bridgehead atoms. The molecule has 1 aromatic carbocycles. The van der Waals surface area contributed by atoms with E-state index in [1.54, 1.807) is 17.8 Å². The maximum Gasteiger partial charge on any atom is 0.294 e. The summed E-state index contributed by atoms with van der Waals surface area (Å²) in [7, 11) is 1.71. The summed E-state index contributed by atoms with van der Waals surface area (Å²) >= 11 is 5.62. The molecule has 0 saturated heterocycles. The zero-order valence-corrected chi connectivity index (χ0v) is 10.8. The van der Waals surface area contributed by atoms with Crippen LogP contribution in [0.5, 0.6) is 0 Å². The van der Waals surface area contributed by atoms with Crippen LogP contribution >= 0.6 is 11.6 Å². The SMILES string of the molecule is CCc1c(N)c(=O)n(-c2ccc(Cl)c(F)c2)n1C. The fraction of sp³-hybridized carbons (Fsp3) is 0.250. The predicted octanol–water partition coefficient (Wildman–Crippen LogP) is 2.11. The van der Waals surface area contributed by atoms with E-state index in [0.29, 0.717) is 12.1 Å². The van der Waals surface area contributed by atoms with E-state index >= 15 is 0 Å². The van der Waals surface area contributed by atoms with Crippen LogP contribution in [0.2, 0.25) is 5.02 Å². The third kappa shape index (κ3) is 1.80. The first kappa shape index (κ1) is 12.7. The van der Waals surface area contributed by atoms with Gasteiger partial charge >= 0.3 is 0 Å². The van der Waals surface area contributed by atoms with E-state index in [9.17, 15) is 9.18 Å². The summed E-state index contributed by atoms with van der Waals surface area (Å²) in [6.45, 7) is 1.90. The smallest absolute Gasteiger partial charge is 0.294 e. The maximum absolute atomic E-state index is 13.4. The number of benzene rings is 1. The van der Waals surface area contributed by atoms with E-state index in [2.05, 4.69) is 0 Å². The molecule has 0 atom stereocenters. The summed E-state index contributed by atoms with van der Waals surface area (Å²) in [5.41, 5.74) is 6.70. The number of nitrogens with zero attached hydrogens (tertiary/aromatic N) is 2. The Morgan fingerprint density at radius 3 is 2.61 bits per heavy atom. The zero-order chi connectivity index (χ0) is 13.4. The van der Waals surface area contributed by atoms with E-state index in [-0.39, 0.29) is 16.3 Å². The van der Waals surface area contributed by atoms with Gasteiger partial charge in [-0.3, -0.25) is 9.48 Å². The number of anilines is 1. The monoisotopic (exact) mass is 269 g/mol. The lowest BCUT2D eigenvalue weighted by molar-refractivity contribution is 0.601. The molecular formula is C12H13ClFN3O. The summed E-state index contributed by atoms with van der Waals surface area (Å²) in [5, 5.41) is 0.0182. The summed E-state index contributed by atoms with van der Waals surface area (Å²) < 4.78 is 16.4. The van der Waals surface area contributed by atoms with Crippen LogP contribution < -0.4 is 11.3 Å². The van der Waals surface area contributed by atoms with Crippen LogP contribution in [0.1, 0.15) is 12.6 Å². The Labute approximate surface area is 108 Å². The highest BCUT2D eigenvalue weighted by Gasteiger charge is 2.15. The van der Waals surface area contributed by atoms with Gasteiger partial charge in [0, 0.05) is 13.1 Å². The first-order valence-corrected chi connectivity index (χ1v) is 5.87. The Bertz CT molecular complexity index is 660. The first-order valence-electron chi connectivity index (χ1n) is 5.49. The van der Waals surface area contributed by atoms with Gasteiger partial charge in [0.2, 0.25) is 0 Å². The lowest BCUT2D eigenvalue weighted by Gasteiger charge is -2.09. The Kier molecular flexibility index (Phi) is 3.17. The van der Waals surface area contributed by atoms with Gasteiger partial charge in [0.1, 0.15) is 11.5 Å². The molecule has 18 heavy (non-hydrogen) atoms. The van der Waals surface area contributed by atoms with Gasteiger partial charge in [0.05, 0.1) is 16.4 Å². The summed E-state index contributed by atoms with van der Waals surface area (Å²) in [4.78, 5) is 12.0. The van der Waals surface area contributed by atoms with Crippen molar-refractivity contribution in [3.05, 3.63) is 45.1 Å². The van der Waals surface area contributed by atoms with Gasteiger partial charge < -0.3 is 5.73 Å². The molecule has 1 heterocycles. The predicted molar refractivity (Wildman–Crippen MR) is 69.8 cm³/mol. The molecule has 0 fully saturated rings. The highest BCUT2D eigenvalue weighted by molar-refractivity contribution is 6.30. The molecule has 0 aliphatic carbocycles. The zero-order valence-electron chi connectivity index (χ0n) is 10.1. The number of hydrogen-bond donors (Lipinski definition) is 1. The van der Waals surface area contributed by atoms with Crippen molar-refractivity contribution in [1.82, 2.24) is 9.36 Å². The fourth-order valence-corrected chi connectivity index (χ4v) is 2.11. The Hall–Kier alpha value is -1.75. The van der Waals surface area contributed by atoms with Crippen LogP contribution in [0.4, 0.5) is 10.1 Å². The molecule has 0 aliphatic rings. The van der Waals surface area contributed by atoms with Crippen molar-refractivity contribution in [2.75, 3.05) is 5.73 Å². The minimum Gasteiger partial charge on any atom is -0.393 e. The van der Waals surface area contributed by atoms with Gasteiger partial charge in [0.25, 0.3) is 5.56 Å². The Balaban J connectivity index is 2.71. The number of hydrogen-bond acceptors (Lipinski definition) is 2. The Morgan fingerprint density at radius 2 is 2.11 bits per heavy atom. The van der Waals surface area contributed by atoms with Gasteiger partial charge in [0.15, 0.2) is 0 Å². The van der Waals surface area contributed by atoms with Gasteiger partial charge in [-0.25, -0.2) is 9.07 Å². The van der Waals surface area contributed by atoms with E-state index in [1.807, 2.05) is 6.92 Å². The molecule has 4 nitrogen and oxygen atoms in total. The van der Waals surface area contributed by atoms with Gasteiger partial charge in [-0.1, -0.05) is 18.5 Å². The highest BCUT2D eigenvalue weighted by atomic mass is 35.5. The van der Waals surface area contributed by atoms with Crippen molar-refractivity contribution in [3.8, 4) is 5.69 Å². The maximum atomic E-state index is 13.4. The minimum absolute atomic E-state index is 0.0182. The average Bonchev–Trinajstić information content (AvgIpc) is 2.54. The topological polar surface area (TPSA) is 53.0 Å². The largest absolute Gasteiger partial charge is 0.393 e. The van der Waals surface area contributed by atoms with Crippen molar-refractivity contribution in [2.24, 2.45) is 7.05 Å². The molecule has 6 heteroatoms. The number of halogens is 2. The third-order valence-electron chi connectivity index (χ3n) is 2.91. The average molecular weight is 270 g/mol. The quantitative estimate of drug-likeness (QED) is 0.908. The minimum atomic E-state index is -0.570. The molecule has 0 spiro atoms. The molecule has 2 N–H and O–H groups in total. The summed E-state index contributed by atoms with van der Waals surface area (Å²) in [5.74, 6) is -0.570. The second-order valence-corrected chi connectivity index (χ2v) is 4.36. The molecule has 0 amide bonds. The Morgan fingerprint density at radius 1 is 1.44 bits per heavy atom. The molecular weight excluding hydrogens is 257 g/mol. The number of aromatic nitrogens is 2. The van der Waals surface area contributed by atoms with Gasteiger partial charge in [-0.15, -0.1) is 0 Å². The normalized spacial score (nSPS) is 10.9. The van der Waals surface area contributed by atoms with Crippen LogP contribution in [0.3, 0.4) is 0 Å². The second-order valence-electron chi connectivity index (χ2n) is 3.95. The van der Waals surface area contributed by atoms with Crippen LogP contribution in [0, 0.1) is 5.82 Å². The molecule has 2 rings (SSSR count). The first-order chi connectivity index (χ1) is 8.47. The number of nitrogen functional groups attached to an aromatic ring is 1. The molecule has 0 radical (unpaired) electrons. The van der Waals surface area contributed by atoms with Crippen molar-refractivity contribution >= 4 is 17.3 Å². The van der Waals surface area contributed by atoms with Crippen LogP contribution in [0.15, 0.2) is 23.0 Å². The molecule has 2 aromatic rings. The summed E-state index contributed by atoms with van der Waals surface area (Å²) in [6.07, 6.45) is 0.626. The second kappa shape index (κ2) is 4.49. The van der Waals surface area contributed by atoms with Crippen LogP contribution in [0.25, 0.3) is 5.69 Å². The lowest BCUT2D eigenvalue weighted by Crippen LogP contribution is -2.20. The van der Waals surface area contributed by atoms with E-state index in [0.717, 1.165) is 5.69 Å². The van der Waals surface area contributed by atoms with Crippen molar-refractivity contribution in [3.63, 3.8) is 0 Å². The van der Waals surface area contributed by atoms with Crippen molar-refractivity contribution < 1.29 is 4.39 Å². The molecule has 1 aromatic heterocycles. The van der Waals surface area contributed by atoms with Gasteiger partial charge in [-0.2, -0.15) is 0 Å². The van der Waals surface area contributed by atoms with Crippen molar-refractivity contribution in [1.29, 1.82) is 0 Å². The fourth-order valence-electron chi connectivity index (χ4n) is 2.00. The molecule has 96 valence electrons.